The minimum Gasteiger partial charge on any atom is -0.490 e. The number of aliphatic hydroxyl groups excluding tert-OH is 1. The molecule has 0 fully saturated rings. The zero-order valence-corrected chi connectivity index (χ0v) is 25.9. The van der Waals surface area contributed by atoms with Gasteiger partial charge in [-0.1, -0.05) is 32.0 Å². The lowest BCUT2D eigenvalue weighted by molar-refractivity contribution is -0.0167. The van der Waals surface area contributed by atoms with E-state index >= 15 is 0 Å². The van der Waals surface area contributed by atoms with E-state index in [-0.39, 0.29) is 46.8 Å². The monoisotopic (exact) mass is 589 g/mol. The Labute approximate surface area is 245 Å². The molecule has 2 N–H and O–H groups in total. The molecule has 0 aromatic heterocycles. The molecule has 1 heterocycles. The Morgan fingerprint density at radius 3 is 2.56 bits per heavy atom. The maximum absolute atomic E-state index is 14.2. The van der Waals surface area contributed by atoms with Gasteiger partial charge in [-0.25, -0.2) is 8.42 Å². The van der Waals surface area contributed by atoms with Gasteiger partial charge >= 0.3 is 0 Å². The highest BCUT2D eigenvalue weighted by molar-refractivity contribution is 7.92. The highest BCUT2D eigenvalue weighted by atomic mass is 32.2. The topological polar surface area (TPSA) is 108 Å². The Bertz CT molecular complexity index is 1210. The number of likely N-dealkylation sites (N-methyl/N-ethyl adjacent to an activating group) is 1. The first-order valence-corrected chi connectivity index (χ1v) is 16.1. The normalized spacial score (nSPS) is 22.0. The molecule has 0 saturated carbocycles. The SMILES string of the molecule is CCCN(C)C[C@H]1OCCCC[C@H](C)Oc2ccc(NS(=O)(=O)c3ccccc3)cc2C(=O)N([C@@H](C)CO)C[C@@H]1C. The van der Waals surface area contributed by atoms with Gasteiger partial charge in [-0.15, -0.1) is 0 Å². The number of sulfonamides is 1. The van der Waals surface area contributed by atoms with Gasteiger partial charge in [0.25, 0.3) is 15.9 Å². The molecule has 2 aromatic carbocycles. The molecule has 0 radical (unpaired) electrons. The van der Waals surface area contributed by atoms with Gasteiger partial charge < -0.3 is 24.4 Å². The third kappa shape index (κ3) is 9.43. The number of nitrogens with zero attached hydrogens (tertiary/aromatic N) is 2. The fraction of sp³-hybridized carbons (Fsp3) is 0.581. The van der Waals surface area contributed by atoms with E-state index in [4.69, 9.17) is 9.47 Å². The number of rotatable bonds is 9. The molecule has 0 unspecified atom stereocenters. The van der Waals surface area contributed by atoms with E-state index in [9.17, 15) is 18.3 Å². The van der Waals surface area contributed by atoms with Crippen LogP contribution in [-0.2, 0) is 14.8 Å². The molecule has 10 heteroatoms. The molecule has 0 spiro atoms. The first kappa shape index (κ1) is 32.8. The number of anilines is 1. The number of hydrogen-bond acceptors (Lipinski definition) is 7. The third-order valence-electron chi connectivity index (χ3n) is 7.45. The van der Waals surface area contributed by atoms with Gasteiger partial charge in [0.15, 0.2) is 0 Å². The highest BCUT2D eigenvalue weighted by Gasteiger charge is 2.30. The minimum atomic E-state index is -3.86. The summed E-state index contributed by atoms with van der Waals surface area (Å²) in [5.74, 6) is 0.0397. The molecule has 0 saturated heterocycles. The maximum atomic E-state index is 14.2. The van der Waals surface area contributed by atoms with Gasteiger partial charge in [0.2, 0.25) is 0 Å². The predicted octanol–water partition coefficient (Wildman–Crippen LogP) is 4.62. The molecule has 2 aromatic rings. The van der Waals surface area contributed by atoms with Crippen molar-refractivity contribution < 1.29 is 27.8 Å². The van der Waals surface area contributed by atoms with Crippen LogP contribution >= 0.6 is 0 Å². The summed E-state index contributed by atoms with van der Waals surface area (Å²) in [5.41, 5.74) is 0.501. The van der Waals surface area contributed by atoms with Crippen LogP contribution in [0.1, 0.15) is 63.7 Å². The van der Waals surface area contributed by atoms with Crippen LogP contribution in [0.2, 0.25) is 0 Å². The van der Waals surface area contributed by atoms with Gasteiger partial charge in [-0.2, -0.15) is 0 Å². The van der Waals surface area contributed by atoms with Gasteiger partial charge in [-0.05, 0) is 83.5 Å². The van der Waals surface area contributed by atoms with Crippen molar-refractivity contribution in [3.05, 3.63) is 54.1 Å². The smallest absolute Gasteiger partial charge is 0.261 e. The average molecular weight is 590 g/mol. The fourth-order valence-electron chi connectivity index (χ4n) is 5.04. The van der Waals surface area contributed by atoms with E-state index in [2.05, 4.69) is 30.5 Å². The summed E-state index contributed by atoms with van der Waals surface area (Å²) >= 11 is 0. The quantitative estimate of drug-likeness (QED) is 0.439. The van der Waals surface area contributed by atoms with E-state index < -0.39 is 16.1 Å². The van der Waals surface area contributed by atoms with E-state index in [1.807, 2.05) is 6.92 Å². The Balaban J connectivity index is 2.00. The molecule has 3 rings (SSSR count). The van der Waals surface area contributed by atoms with E-state index in [1.165, 1.54) is 18.2 Å². The number of nitrogens with one attached hydrogen (secondary N) is 1. The van der Waals surface area contributed by atoms with Crippen molar-refractivity contribution in [2.24, 2.45) is 5.92 Å². The zero-order valence-electron chi connectivity index (χ0n) is 25.1. The number of aliphatic hydroxyl groups is 1. The van der Waals surface area contributed by atoms with Gasteiger partial charge in [0.05, 0.1) is 35.3 Å². The molecule has 9 nitrogen and oxygen atoms in total. The first-order chi connectivity index (χ1) is 19.6. The highest BCUT2D eigenvalue weighted by Crippen LogP contribution is 2.29. The molecule has 1 aliphatic heterocycles. The van der Waals surface area contributed by atoms with Crippen LogP contribution in [0, 0.1) is 5.92 Å². The Hall–Kier alpha value is -2.66. The van der Waals surface area contributed by atoms with E-state index in [0.717, 1.165) is 38.8 Å². The van der Waals surface area contributed by atoms with E-state index in [1.54, 1.807) is 42.2 Å². The lowest BCUT2D eigenvalue weighted by Gasteiger charge is -2.35. The van der Waals surface area contributed by atoms with Crippen LogP contribution in [0.15, 0.2) is 53.4 Å². The largest absolute Gasteiger partial charge is 0.490 e. The van der Waals surface area contributed by atoms with Crippen molar-refractivity contribution >= 4 is 21.6 Å². The number of amides is 1. The lowest BCUT2D eigenvalue weighted by Crippen LogP contribution is -2.47. The van der Waals surface area contributed by atoms with Crippen LogP contribution in [0.3, 0.4) is 0 Å². The van der Waals surface area contributed by atoms with E-state index in [0.29, 0.717) is 18.9 Å². The standard InChI is InChI=1S/C31H47N3O6S/c1-6-17-33(5)21-30-23(2)20-34(24(3)22-35)31(36)28-19-26(32-41(37,38)27-13-8-7-9-14-27)15-16-29(28)40-25(4)12-10-11-18-39-30/h7-9,13-16,19,23-25,30,32,35H,6,10-12,17-18,20-22H2,1-5H3/t23-,24-,25-,30+/m0/s1. The number of fused-ring (bicyclic) bond motifs is 1. The van der Waals surface area contributed by atoms with Crippen molar-refractivity contribution in [1.29, 1.82) is 0 Å². The van der Waals surface area contributed by atoms with Gasteiger partial charge in [0.1, 0.15) is 5.75 Å². The summed E-state index contributed by atoms with van der Waals surface area (Å²) < 4.78 is 41.3. The molecular weight excluding hydrogens is 542 g/mol. The molecule has 41 heavy (non-hydrogen) atoms. The number of ether oxygens (including phenoxy) is 2. The molecular formula is C31H47N3O6S. The Kier molecular flexibility index (Phi) is 12.4. The summed E-state index contributed by atoms with van der Waals surface area (Å²) in [4.78, 5) is 18.2. The van der Waals surface area contributed by atoms with Crippen molar-refractivity contribution in [2.45, 2.75) is 76.5 Å². The Morgan fingerprint density at radius 1 is 1.15 bits per heavy atom. The predicted molar refractivity (Wildman–Crippen MR) is 162 cm³/mol. The fourth-order valence-corrected chi connectivity index (χ4v) is 6.11. The van der Waals surface area contributed by atoms with Crippen molar-refractivity contribution in [2.75, 3.05) is 44.6 Å². The molecule has 1 aliphatic rings. The second-order valence-electron chi connectivity index (χ2n) is 11.2. The number of hydrogen-bond donors (Lipinski definition) is 2. The number of benzene rings is 2. The van der Waals surface area contributed by atoms with Gasteiger partial charge in [0, 0.05) is 31.3 Å². The number of carbonyl (C=O) groups excluding carboxylic acids is 1. The summed E-state index contributed by atoms with van der Waals surface area (Å²) in [5, 5.41) is 10.1. The van der Waals surface area contributed by atoms with Crippen molar-refractivity contribution in [3.8, 4) is 5.75 Å². The van der Waals surface area contributed by atoms with Crippen molar-refractivity contribution in [1.82, 2.24) is 9.80 Å². The van der Waals surface area contributed by atoms with Crippen molar-refractivity contribution in [3.63, 3.8) is 0 Å². The summed E-state index contributed by atoms with van der Waals surface area (Å²) in [6, 6.07) is 12.4. The first-order valence-electron chi connectivity index (χ1n) is 14.7. The summed E-state index contributed by atoms with van der Waals surface area (Å²) in [6.07, 6.45) is 3.38. The molecule has 1 amide bonds. The molecule has 4 atom stereocenters. The second kappa shape index (κ2) is 15.5. The summed E-state index contributed by atoms with van der Waals surface area (Å²) in [6.45, 7) is 10.5. The maximum Gasteiger partial charge on any atom is 0.261 e. The molecule has 0 aliphatic carbocycles. The summed E-state index contributed by atoms with van der Waals surface area (Å²) in [7, 11) is -1.78. The minimum absolute atomic E-state index is 0.0155. The lowest BCUT2D eigenvalue weighted by atomic mass is 10.0. The van der Waals surface area contributed by atoms with Crippen LogP contribution in [0.5, 0.6) is 5.75 Å². The zero-order chi connectivity index (χ0) is 30.0. The van der Waals surface area contributed by atoms with Crippen LogP contribution in [0.4, 0.5) is 5.69 Å². The van der Waals surface area contributed by atoms with Crippen LogP contribution in [0.25, 0.3) is 0 Å². The van der Waals surface area contributed by atoms with Gasteiger partial charge in [-0.3, -0.25) is 9.52 Å². The van der Waals surface area contributed by atoms with Crippen LogP contribution in [-0.4, -0.2) is 87.4 Å². The van der Waals surface area contributed by atoms with Crippen LogP contribution < -0.4 is 9.46 Å². The molecule has 228 valence electrons. The molecule has 0 bridgehead atoms. The Morgan fingerprint density at radius 2 is 1.88 bits per heavy atom. The third-order valence-corrected chi connectivity index (χ3v) is 8.85. The second-order valence-corrected chi connectivity index (χ2v) is 12.9. The average Bonchev–Trinajstić information content (AvgIpc) is 2.95. The number of carbonyl (C=O) groups is 1.